The molecule has 0 radical (unpaired) electrons. The van der Waals surface area contributed by atoms with E-state index in [1.54, 1.807) is 12.3 Å². The van der Waals surface area contributed by atoms with Gasteiger partial charge in [-0.3, -0.25) is 4.79 Å². The third-order valence-corrected chi connectivity index (χ3v) is 7.44. The lowest BCUT2D eigenvalue weighted by atomic mass is 10.00. The molecule has 180 valence electrons. The molecule has 1 amide bonds. The number of hydrogen-bond acceptors (Lipinski definition) is 5. The van der Waals surface area contributed by atoms with Crippen molar-refractivity contribution in [2.24, 2.45) is 5.14 Å². The summed E-state index contributed by atoms with van der Waals surface area (Å²) < 4.78 is 26.5. The maximum absolute atomic E-state index is 13.3. The standard InChI is InChI=1S/C25H24ClN5O3S/c1-15-10-12-16(13-11-15)22-19(18-8-4-5-9-20(18)26)14-28-23-21(24(32)29-17-6-2-3-7-17)25(30-31(22)23)35(27,33)34/h4-5,8-14,17H,2-3,6-7H2,1H3,(H,29,32)(H2,27,33,34). The van der Waals surface area contributed by atoms with Crippen LogP contribution in [0.1, 0.15) is 41.6 Å². The van der Waals surface area contributed by atoms with Crippen molar-refractivity contribution in [2.75, 3.05) is 0 Å². The third-order valence-electron chi connectivity index (χ3n) is 6.29. The van der Waals surface area contributed by atoms with Crippen LogP contribution >= 0.6 is 11.6 Å². The first-order chi connectivity index (χ1) is 16.7. The van der Waals surface area contributed by atoms with E-state index in [1.807, 2.05) is 49.4 Å². The number of fused-ring (bicyclic) bond motifs is 1. The Balaban J connectivity index is 1.81. The molecule has 10 heteroatoms. The quantitative estimate of drug-likeness (QED) is 0.414. The summed E-state index contributed by atoms with van der Waals surface area (Å²) in [7, 11) is -4.32. The Kier molecular flexibility index (Phi) is 6.08. The van der Waals surface area contributed by atoms with Gasteiger partial charge in [0.2, 0.25) is 5.03 Å². The van der Waals surface area contributed by atoms with Gasteiger partial charge in [0.25, 0.3) is 15.9 Å². The fraction of sp³-hybridized carbons (Fsp3) is 0.240. The Morgan fingerprint density at radius 2 is 1.77 bits per heavy atom. The van der Waals surface area contributed by atoms with Gasteiger partial charge in [0.1, 0.15) is 5.56 Å². The van der Waals surface area contributed by atoms with Crippen molar-refractivity contribution in [3.63, 3.8) is 0 Å². The van der Waals surface area contributed by atoms with Crippen molar-refractivity contribution in [1.29, 1.82) is 0 Å². The number of aromatic nitrogens is 3. The highest BCUT2D eigenvalue weighted by Crippen LogP contribution is 2.37. The lowest BCUT2D eigenvalue weighted by Gasteiger charge is -2.14. The summed E-state index contributed by atoms with van der Waals surface area (Å²) in [5, 5.41) is 12.8. The van der Waals surface area contributed by atoms with Crippen LogP contribution in [-0.2, 0) is 10.0 Å². The summed E-state index contributed by atoms with van der Waals surface area (Å²) in [4.78, 5) is 17.8. The van der Waals surface area contributed by atoms with Crippen molar-refractivity contribution in [3.8, 4) is 22.4 Å². The molecule has 1 saturated carbocycles. The molecule has 35 heavy (non-hydrogen) atoms. The van der Waals surface area contributed by atoms with E-state index in [1.165, 1.54) is 4.52 Å². The first-order valence-electron chi connectivity index (χ1n) is 11.3. The molecule has 2 aromatic carbocycles. The molecular formula is C25H24ClN5O3S. The highest BCUT2D eigenvalue weighted by Gasteiger charge is 2.31. The largest absolute Gasteiger partial charge is 0.349 e. The van der Waals surface area contributed by atoms with Gasteiger partial charge < -0.3 is 5.32 Å². The molecule has 4 aromatic rings. The number of benzene rings is 2. The Morgan fingerprint density at radius 3 is 2.43 bits per heavy atom. The molecule has 3 N–H and O–H groups in total. The fourth-order valence-electron chi connectivity index (χ4n) is 4.56. The Labute approximate surface area is 208 Å². The van der Waals surface area contributed by atoms with E-state index in [-0.39, 0.29) is 17.3 Å². The third kappa shape index (κ3) is 4.42. The molecule has 0 bridgehead atoms. The number of carbonyl (C=O) groups excluding carboxylic acids is 1. The van der Waals surface area contributed by atoms with E-state index in [0.29, 0.717) is 21.8 Å². The number of aryl methyl sites for hydroxylation is 1. The number of rotatable bonds is 5. The zero-order chi connectivity index (χ0) is 24.7. The predicted octanol–water partition coefficient (Wildman–Crippen LogP) is 4.34. The lowest BCUT2D eigenvalue weighted by molar-refractivity contribution is 0.0936. The Bertz CT molecular complexity index is 1540. The average molecular weight is 510 g/mol. The van der Waals surface area contributed by atoms with E-state index in [2.05, 4.69) is 15.4 Å². The molecule has 0 unspecified atom stereocenters. The maximum atomic E-state index is 13.3. The zero-order valence-electron chi connectivity index (χ0n) is 19.0. The number of carbonyl (C=O) groups is 1. The molecule has 1 aliphatic carbocycles. The average Bonchev–Trinajstić information content (AvgIpc) is 3.47. The first kappa shape index (κ1) is 23.5. The van der Waals surface area contributed by atoms with Crippen molar-refractivity contribution in [2.45, 2.75) is 43.7 Å². The van der Waals surface area contributed by atoms with E-state index in [9.17, 15) is 13.2 Å². The van der Waals surface area contributed by atoms with Crippen molar-refractivity contribution < 1.29 is 13.2 Å². The van der Waals surface area contributed by atoms with Gasteiger partial charge in [-0.1, -0.05) is 72.5 Å². The van der Waals surface area contributed by atoms with Gasteiger partial charge in [0.05, 0.1) is 5.69 Å². The van der Waals surface area contributed by atoms with Gasteiger partial charge in [0, 0.05) is 34.0 Å². The number of halogens is 1. The summed E-state index contributed by atoms with van der Waals surface area (Å²) in [5.41, 5.74) is 3.65. The Hall–Kier alpha value is -3.27. The number of hydrogen-bond donors (Lipinski definition) is 2. The number of nitrogens with two attached hydrogens (primary N) is 1. The van der Waals surface area contributed by atoms with Crippen molar-refractivity contribution >= 4 is 33.2 Å². The van der Waals surface area contributed by atoms with E-state index >= 15 is 0 Å². The van der Waals surface area contributed by atoms with Gasteiger partial charge in [-0.2, -0.15) is 5.10 Å². The molecule has 2 heterocycles. The van der Waals surface area contributed by atoms with Gasteiger partial charge >= 0.3 is 0 Å². The summed E-state index contributed by atoms with van der Waals surface area (Å²) in [6.45, 7) is 1.97. The summed E-state index contributed by atoms with van der Waals surface area (Å²) in [6.07, 6.45) is 5.30. The van der Waals surface area contributed by atoms with Crippen LogP contribution in [0.3, 0.4) is 0 Å². The minimum atomic E-state index is -4.32. The number of amides is 1. The zero-order valence-corrected chi connectivity index (χ0v) is 20.6. The fourth-order valence-corrected chi connectivity index (χ4v) is 5.46. The minimum absolute atomic E-state index is 0.0234. The monoisotopic (exact) mass is 509 g/mol. The van der Waals surface area contributed by atoms with Crippen molar-refractivity contribution in [3.05, 3.63) is 70.9 Å². The van der Waals surface area contributed by atoms with Gasteiger partial charge in [-0.25, -0.2) is 23.1 Å². The van der Waals surface area contributed by atoms with Crippen LogP contribution in [-0.4, -0.2) is 35.0 Å². The second-order valence-corrected chi connectivity index (χ2v) is 10.7. The highest BCUT2D eigenvalue weighted by atomic mass is 35.5. The number of nitrogens with zero attached hydrogens (tertiary/aromatic N) is 3. The number of nitrogens with one attached hydrogen (secondary N) is 1. The molecule has 0 saturated heterocycles. The molecule has 0 spiro atoms. The van der Waals surface area contributed by atoms with Crippen LogP contribution in [0.4, 0.5) is 0 Å². The molecule has 1 fully saturated rings. The first-order valence-corrected chi connectivity index (χ1v) is 13.2. The molecule has 0 aliphatic heterocycles. The maximum Gasteiger partial charge on any atom is 0.258 e. The molecule has 8 nitrogen and oxygen atoms in total. The predicted molar refractivity (Wildman–Crippen MR) is 135 cm³/mol. The highest BCUT2D eigenvalue weighted by molar-refractivity contribution is 7.89. The van der Waals surface area contributed by atoms with Crippen LogP contribution in [0.2, 0.25) is 5.02 Å². The molecule has 1 aliphatic rings. The Morgan fingerprint density at radius 1 is 1.09 bits per heavy atom. The topological polar surface area (TPSA) is 119 Å². The van der Waals surface area contributed by atoms with Gasteiger partial charge in [0.15, 0.2) is 5.65 Å². The summed E-state index contributed by atoms with van der Waals surface area (Å²) >= 11 is 6.51. The molecular weight excluding hydrogens is 486 g/mol. The van der Waals surface area contributed by atoms with Crippen LogP contribution in [0.15, 0.2) is 59.8 Å². The molecule has 5 rings (SSSR count). The number of primary sulfonamides is 1. The minimum Gasteiger partial charge on any atom is -0.349 e. The van der Waals surface area contributed by atoms with Crippen LogP contribution in [0.25, 0.3) is 28.0 Å². The van der Waals surface area contributed by atoms with Crippen molar-refractivity contribution in [1.82, 2.24) is 19.9 Å². The van der Waals surface area contributed by atoms with E-state index < -0.39 is 21.0 Å². The molecule has 2 aromatic heterocycles. The number of sulfonamides is 1. The van der Waals surface area contributed by atoms with Crippen LogP contribution < -0.4 is 10.5 Å². The summed E-state index contributed by atoms with van der Waals surface area (Å²) in [6, 6.07) is 14.9. The lowest BCUT2D eigenvalue weighted by Crippen LogP contribution is -2.33. The smallest absolute Gasteiger partial charge is 0.258 e. The van der Waals surface area contributed by atoms with Gasteiger partial charge in [-0.15, -0.1) is 0 Å². The van der Waals surface area contributed by atoms with Crippen LogP contribution in [0.5, 0.6) is 0 Å². The van der Waals surface area contributed by atoms with E-state index in [0.717, 1.165) is 36.8 Å². The second kappa shape index (κ2) is 9.07. The van der Waals surface area contributed by atoms with Crippen LogP contribution in [0, 0.1) is 6.92 Å². The second-order valence-electron chi connectivity index (χ2n) is 8.78. The SMILES string of the molecule is Cc1ccc(-c2c(-c3ccccc3Cl)cnc3c(C(=O)NC4CCCC4)c(S(N)(=O)=O)nn23)cc1. The molecule has 0 atom stereocenters. The summed E-state index contributed by atoms with van der Waals surface area (Å²) in [5.74, 6) is -0.552. The normalized spacial score (nSPS) is 14.5. The van der Waals surface area contributed by atoms with Gasteiger partial charge in [-0.05, 0) is 25.8 Å². The van der Waals surface area contributed by atoms with E-state index in [4.69, 9.17) is 16.7 Å².